The standard InChI is InChI=1S/C24H27FN4O3S/c1-24(2,31-3)13-32-19-12-26-8-6-14(19)11-28-17-7-9-27-23(30)20(17)21-22(33)16-5-4-15(25)10-18(16)29-21/h4-6,8,10,12,28-29,33H,7,9,11,13H2,1-3H3,(H,27,30). The number of fused-ring (bicyclic) bond motifs is 1. The van der Waals surface area contributed by atoms with E-state index >= 15 is 0 Å². The predicted molar refractivity (Wildman–Crippen MR) is 128 cm³/mol. The fourth-order valence-corrected chi connectivity index (χ4v) is 3.99. The summed E-state index contributed by atoms with van der Waals surface area (Å²) < 4.78 is 25.1. The smallest absolute Gasteiger partial charge is 0.255 e. The maximum atomic E-state index is 13.7. The van der Waals surface area contributed by atoms with Gasteiger partial charge in [-0.15, -0.1) is 12.6 Å². The van der Waals surface area contributed by atoms with Gasteiger partial charge in [-0.25, -0.2) is 4.39 Å². The first kappa shape index (κ1) is 23.1. The van der Waals surface area contributed by atoms with Gasteiger partial charge in [0, 0.05) is 59.9 Å². The number of amides is 1. The van der Waals surface area contributed by atoms with Gasteiger partial charge in [0.05, 0.1) is 23.1 Å². The van der Waals surface area contributed by atoms with Crippen molar-refractivity contribution in [1.82, 2.24) is 20.6 Å². The third kappa shape index (κ3) is 4.99. The molecule has 33 heavy (non-hydrogen) atoms. The van der Waals surface area contributed by atoms with E-state index < -0.39 is 5.60 Å². The SMILES string of the molecule is COC(C)(C)COc1cnccc1CNC1=C(c2[nH]c3cc(F)ccc3c2S)C(=O)NCC1. The molecular formula is C24H27FN4O3S. The lowest BCUT2D eigenvalue weighted by Crippen LogP contribution is -2.35. The van der Waals surface area contributed by atoms with Gasteiger partial charge in [0.2, 0.25) is 0 Å². The van der Waals surface area contributed by atoms with Crippen LogP contribution in [0, 0.1) is 5.82 Å². The Hall–Kier alpha value is -3.04. The van der Waals surface area contributed by atoms with Crippen molar-refractivity contribution in [3.63, 3.8) is 0 Å². The monoisotopic (exact) mass is 470 g/mol. The maximum absolute atomic E-state index is 13.7. The summed E-state index contributed by atoms with van der Waals surface area (Å²) in [4.78, 5) is 20.8. The Balaban J connectivity index is 1.63. The summed E-state index contributed by atoms with van der Waals surface area (Å²) in [5, 5.41) is 7.04. The number of carbonyl (C=O) groups excluding carboxylic acids is 1. The number of pyridine rings is 1. The lowest BCUT2D eigenvalue weighted by Gasteiger charge is -2.24. The summed E-state index contributed by atoms with van der Waals surface area (Å²) in [6.07, 6.45) is 3.99. The average molecular weight is 471 g/mol. The first-order valence-electron chi connectivity index (χ1n) is 10.7. The molecule has 1 amide bonds. The molecule has 4 rings (SSSR count). The summed E-state index contributed by atoms with van der Waals surface area (Å²) in [6, 6.07) is 6.31. The van der Waals surface area contributed by atoms with E-state index in [2.05, 4.69) is 33.2 Å². The Bertz CT molecular complexity index is 1220. The Morgan fingerprint density at radius 3 is 2.91 bits per heavy atom. The van der Waals surface area contributed by atoms with Crippen LogP contribution in [-0.2, 0) is 16.1 Å². The second kappa shape index (κ2) is 9.44. The Labute approximate surface area is 197 Å². The molecule has 0 aliphatic carbocycles. The number of hydrogen-bond acceptors (Lipinski definition) is 6. The van der Waals surface area contributed by atoms with Crippen molar-refractivity contribution >= 4 is 35.0 Å². The zero-order chi connectivity index (χ0) is 23.6. The average Bonchev–Trinajstić information content (AvgIpc) is 3.11. The number of benzene rings is 1. The molecule has 0 saturated carbocycles. The molecule has 1 aliphatic rings. The quantitative estimate of drug-likeness (QED) is 0.376. The molecule has 174 valence electrons. The van der Waals surface area contributed by atoms with Gasteiger partial charge in [0.25, 0.3) is 5.91 Å². The highest BCUT2D eigenvalue weighted by molar-refractivity contribution is 7.80. The first-order valence-corrected chi connectivity index (χ1v) is 11.1. The Morgan fingerprint density at radius 1 is 1.30 bits per heavy atom. The highest BCUT2D eigenvalue weighted by Crippen LogP contribution is 2.33. The lowest BCUT2D eigenvalue weighted by atomic mass is 10.0. The molecule has 1 aliphatic heterocycles. The van der Waals surface area contributed by atoms with Crippen LogP contribution in [0.25, 0.3) is 16.5 Å². The van der Waals surface area contributed by atoms with Crippen LogP contribution in [0.4, 0.5) is 4.39 Å². The van der Waals surface area contributed by atoms with Gasteiger partial charge >= 0.3 is 0 Å². The molecular weight excluding hydrogens is 443 g/mol. The van der Waals surface area contributed by atoms with Crippen molar-refractivity contribution in [3.05, 3.63) is 59.4 Å². The second-order valence-electron chi connectivity index (χ2n) is 8.49. The molecule has 0 atom stereocenters. The summed E-state index contributed by atoms with van der Waals surface area (Å²) in [5.74, 6) is 0.0820. The van der Waals surface area contributed by atoms with Crippen molar-refractivity contribution in [2.45, 2.75) is 37.3 Å². The number of rotatable bonds is 8. The lowest BCUT2D eigenvalue weighted by molar-refractivity contribution is -0.115. The maximum Gasteiger partial charge on any atom is 0.255 e. The molecule has 0 radical (unpaired) electrons. The van der Waals surface area contributed by atoms with Crippen molar-refractivity contribution in [2.24, 2.45) is 0 Å². The van der Waals surface area contributed by atoms with Crippen molar-refractivity contribution in [2.75, 3.05) is 20.3 Å². The molecule has 0 saturated heterocycles. The molecule has 3 N–H and O–H groups in total. The van der Waals surface area contributed by atoms with Gasteiger partial charge in [0.15, 0.2) is 0 Å². The number of halogens is 1. The van der Waals surface area contributed by atoms with Crippen LogP contribution in [0.2, 0.25) is 0 Å². The van der Waals surface area contributed by atoms with Crippen LogP contribution < -0.4 is 15.4 Å². The summed E-state index contributed by atoms with van der Waals surface area (Å²) >= 11 is 4.62. The molecule has 3 heterocycles. The van der Waals surface area contributed by atoms with E-state index in [1.807, 2.05) is 19.9 Å². The second-order valence-corrected chi connectivity index (χ2v) is 8.93. The first-order chi connectivity index (χ1) is 15.8. The summed E-state index contributed by atoms with van der Waals surface area (Å²) in [7, 11) is 1.64. The van der Waals surface area contributed by atoms with Crippen LogP contribution in [0.1, 0.15) is 31.5 Å². The number of methoxy groups -OCH3 is 1. The predicted octanol–water partition coefficient (Wildman–Crippen LogP) is 3.82. The number of thiol groups is 1. The summed E-state index contributed by atoms with van der Waals surface area (Å²) in [5.41, 5.74) is 2.87. The molecule has 0 unspecified atom stereocenters. The molecule has 7 nitrogen and oxygen atoms in total. The molecule has 0 fully saturated rings. The Morgan fingerprint density at radius 2 is 2.12 bits per heavy atom. The molecule has 0 spiro atoms. The van der Waals surface area contributed by atoms with E-state index in [-0.39, 0.29) is 11.7 Å². The fourth-order valence-electron chi connectivity index (χ4n) is 3.63. The third-order valence-electron chi connectivity index (χ3n) is 5.66. The van der Waals surface area contributed by atoms with Crippen molar-refractivity contribution in [1.29, 1.82) is 0 Å². The topological polar surface area (TPSA) is 88.3 Å². The molecule has 0 bridgehead atoms. The molecule has 2 aromatic heterocycles. The van der Waals surface area contributed by atoms with E-state index in [1.54, 1.807) is 25.6 Å². The number of ether oxygens (including phenoxy) is 2. The van der Waals surface area contributed by atoms with Crippen molar-refractivity contribution < 1.29 is 18.7 Å². The minimum absolute atomic E-state index is 0.209. The van der Waals surface area contributed by atoms with E-state index in [0.29, 0.717) is 53.5 Å². The number of nitrogens with zero attached hydrogens (tertiary/aromatic N) is 1. The zero-order valence-electron chi connectivity index (χ0n) is 18.8. The highest BCUT2D eigenvalue weighted by Gasteiger charge is 2.26. The molecule has 1 aromatic carbocycles. The van der Waals surface area contributed by atoms with Crippen LogP contribution in [0.15, 0.2) is 47.3 Å². The van der Waals surface area contributed by atoms with Crippen LogP contribution in [-0.4, -0.2) is 41.7 Å². The number of aromatic amines is 1. The number of carbonyl (C=O) groups is 1. The van der Waals surface area contributed by atoms with E-state index in [1.165, 1.54) is 12.1 Å². The minimum Gasteiger partial charge on any atom is -0.489 e. The zero-order valence-corrected chi connectivity index (χ0v) is 19.7. The summed E-state index contributed by atoms with van der Waals surface area (Å²) in [6.45, 7) is 5.21. The normalized spacial score (nSPS) is 14.5. The van der Waals surface area contributed by atoms with Gasteiger partial charge in [-0.05, 0) is 38.1 Å². The van der Waals surface area contributed by atoms with E-state index in [4.69, 9.17) is 9.47 Å². The minimum atomic E-state index is -0.435. The van der Waals surface area contributed by atoms with Gasteiger partial charge in [-0.3, -0.25) is 9.78 Å². The molecule has 3 aromatic rings. The van der Waals surface area contributed by atoms with Crippen molar-refractivity contribution in [3.8, 4) is 5.75 Å². The number of H-pyrrole nitrogens is 1. The number of nitrogens with one attached hydrogen (secondary N) is 3. The molecule has 9 heteroatoms. The van der Waals surface area contributed by atoms with Crippen LogP contribution in [0.3, 0.4) is 0 Å². The van der Waals surface area contributed by atoms with Crippen LogP contribution in [0.5, 0.6) is 5.75 Å². The van der Waals surface area contributed by atoms with Gasteiger partial charge in [0.1, 0.15) is 18.2 Å². The van der Waals surface area contributed by atoms with E-state index in [9.17, 15) is 9.18 Å². The van der Waals surface area contributed by atoms with Crippen LogP contribution >= 0.6 is 12.6 Å². The third-order valence-corrected chi connectivity index (χ3v) is 6.13. The van der Waals surface area contributed by atoms with E-state index in [0.717, 1.165) is 16.6 Å². The fraction of sp³-hybridized carbons (Fsp3) is 0.333. The number of aromatic nitrogens is 2. The van der Waals surface area contributed by atoms with Gasteiger partial charge in [-0.2, -0.15) is 0 Å². The van der Waals surface area contributed by atoms with Gasteiger partial charge < -0.3 is 25.1 Å². The number of hydrogen-bond donors (Lipinski definition) is 4. The Kier molecular flexibility index (Phi) is 6.62. The highest BCUT2D eigenvalue weighted by atomic mass is 32.1. The van der Waals surface area contributed by atoms with Gasteiger partial charge in [-0.1, -0.05) is 0 Å². The largest absolute Gasteiger partial charge is 0.489 e.